The second-order valence-corrected chi connectivity index (χ2v) is 10.00. The van der Waals surface area contributed by atoms with Gasteiger partial charge >= 0.3 is 0 Å². The number of anilines is 2. The summed E-state index contributed by atoms with van der Waals surface area (Å²) in [5.74, 6) is -1.80. The van der Waals surface area contributed by atoms with Gasteiger partial charge in [0.2, 0.25) is 0 Å². The van der Waals surface area contributed by atoms with Crippen molar-refractivity contribution in [1.29, 1.82) is 5.26 Å². The van der Waals surface area contributed by atoms with Gasteiger partial charge in [-0.25, -0.2) is 22.2 Å². The van der Waals surface area contributed by atoms with Gasteiger partial charge in [0.15, 0.2) is 0 Å². The van der Waals surface area contributed by atoms with E-state index in [0.717, 1.165) is 17.7 Å². The minimum Gasteiger partial charge on any atom is -0.385 e. The molecule has 1 aromatic heterocycles. The summed E-state index contributed by atoms with van der Waals surface area (Å²) in [5, 5.41) is 21.2. The Labute approximate surface area is 200 Å². The third-order valence-electron chi connectivity index (χ3n) is 5.69. The second-order valence-electron chi connectivity index (χ2n) is 7.91. The Hall–Kier alpha value is -3.26. The summed E-state index contributed by atoms with van der Waals surface area (Å²) in [6.45, 7) is 0.819. The lowest BCUT2D eigenvalue weighted by Gasteiger charge is -2.39. The minimum atomic E-state index is -4.37. The van der Waals surface area contributed by atoms with E-state index < -0.39 is 32.2 Å². The first-order chi connectivity index (χ1) is 16.1. The molecule has 0 saturated carbocycles. The zero-order valence-electron chi connectivity index (χ0n) is 17.7. The highest BCUT2D eigenvalue weighted by atomic mass is 35.5. The van der Waals surface area contributed by atoms with Crippen LogP contribution in [0.3, 0.4) is 0 Å². The average molecular weight is 505 g/mol. The van der Waals surface area contributed by atoms with Gasteiger partial charge in [-0.15, -0.1) is 0 Å². The van der Waals surface area contributed by atoms with E-state index in [1.165, 1.54) is 12.3 Å². The van der Waals surface area contributed by atoms with Crippen molar-refractivity contribution >= 4 is 33.1 Å². The smallest absolute Gasteiger partial charge is 0.264 e. The number of hydrogen-bond acceptors (Lipinski definition) is 6. The maximum atomic E-state index is 13.9. The molecule has 34 heavy (non-hydrogen) atoms. The van der Waals surface area contributed by atoms with Crippen molar-refractivity contribution in [2.75, 3.05) is 22.7 Å². The largest absolute Gasteiger partial charge is 0.385 e. The van der Waals surface area contributed by atoms with Crippen LogP contribution in [0.1, 0.15) is 24.0 Å². The molecule has 2 N–H and O–H groups in total. The van der Waals surface area contributed by atoms with Gasteiger partial charge < -0.3 is 10.0 Å². The van der Waals surface area contributed by atoms with E-state index in [1.807, 2.05) is 11.0 Å². The Bertz CT molecular complexity index is 1370. The molecule has 11 heteroatoms. The Morgan fingerprint density at radius 1 is 1.12 bits per heavy atom. The molecule has 1 fully saturated rings. The SMILES string of the molecule is N#Cc1cc(NS(=O)(=O)c2ccc(F)cc2F)cnc1N1CCC(O)(c2ccc(Cl)cc2)CC1. The summed E-state index contributed by atoms with van der Waals surface area (Å²) in [7, 11) is -4.37. The van der Waals surface area contributed by atoms with E-state index >= 15 is 0 Å². The molecular formula is C23H19ClF2N4O3S. The molecule has 2 heterocycles. The third-order valence-corrected chi connectivity index (χ3v) is 7.36. The summed E-state index contributed by atoms with van der Waals surface area (Å²) >= 11 is 5.93. The molecule has 176 valence electrons. The Balaban J connectivity index is 1.52. The number of halogens is 3. The molecule has 0 unspecified atom stereocenters. The zero-order chi connectivity index (χ0) is 24.5. The first-order valence-electron chi connectivity index (χ1n) is 10.2. The van der Waals surface area contributed by atoms with Crippen molar-refractivity contribution in [1.82, 2.24) is 4.98 Å². The summed E-state index contributed by atoms with van der Waals surface area (Å²) in [6.07, 6.45) is 1.99. The number of hydrogen-bond donors (Lipinski definition) is 2. The molecule has 0 spiro atoms. The van der Waals surface area contributed by atoms with Crippen LogP contribution in [-0.4, -0.2) is 31.6 Å². The first kappa shape index (κ1) is 23.9. The van der Waals surface area contributed by atoms with Gasteiger partial charge in [-0.3, -0.25) is 4.72 Å². The van der Waals surface area contributed by atoms with Crippen LogP contribution in [0.2, 0.25) is 5.02 Å². The summed E-state index contributed by atoms with van der Waals surface area (Å²) < 4.78 is 54.3. The Morgan fingerprint density at radius 2 is 1.79 bits per heavy atom. The van der Waals surface area contributed by atoms with Crippen LogP contribution in [-0.2, 0) is 15.6 Å². The zero-order valence-corrected chi connectivity index (χ0v) is 19.2. The van der Waals surface area contributed by atoms with E-state index in [0.29, 0.717) is 42.8 Å². The van der Waals surface area contributed by atoms with Crippen LogP contribution in [0.15, 0.2) is 59.6 Å². The van der Waals surface area contributed by atoms with E-state index in [1.54, 1.807) is 24.3 Å². The monoisotopic (exact) mass is 504 g/mol. The second kappa shape index (κ2) is 9.18. The van der Waals surface area contributed by atoms with Gasteiger partial charge in [-0.05, 0) is 48.7 Å². The highest BCUT2D eigenvalue weighted by molar-refractivity contribution is 7.92. The van der Waals surface area contributed by atoms with Crippen molar-refractivity contribution in [2.24, 2.45) is 0 Å². The number of aliphatic hydroxyl groups is 1. The highest BCUT2D eigenvalue weighted by Gasteiger charge is 2.35. The number of pyridine rings is 1. The van der Waals surface area contributed by atoms with E-state index in [4.69, 9.17) is 11.6 Å². The van der Waals surface area contributed by atoms with Crippen LogP contribution in [0, 0.1) is 23.0 Å². The van der Waals surface area contributed by atoms with Crippen molar-refractivity contribution in [3.8, 4) is 6.07 Å². The van der Waals surface area contributed by atoms with Crippen LogP contribution < -0.4 is 9.62 Å². The van der Waals surface area contributed by atoms with Crippen molar-refractivity contribution in [3.63, 3.8) is 0 Å². The van der Waals surface area contributed by atoms with Gasteiger partial charge in [0, 0.05) is 24.2 Å². The lowest BCUT2D eigenvalue weighted by atomic mass is 9.84. The third kappa shape index (κ3) is 4.82. The maximum Gasteiger partial charge on any atom is 0.264 e. The molecule has 1 saturated heterocycles. The van der Waals surface area contributed by atoms with E-state index in [2.05, 4.69) is 9.71 Å². The van der Waals surface area contributed by atoms with E-state index in [-0.39, 0.29) is 11.3 Å². The number of nitrogens with zero attached hydrogens (tertiary/aromatic N) is 3. The molecule has 0 aliphatic carbocycles. The number of nitrogens with one attached hydrogen (secondary N) is 1. The van der Waals surface area contributed by atoms with Gasteiger partial charge in [-0.2, -0.15) is 5.26 Å². The summed E-state index contributed by atoms with van der Waals surface area (Å²) in [5.41, 5.74) is -0.221. The lowest BCUT2D eigenvalue weighted by molar-refractivity contribution is 0.0116. The number of aromatic nitrogens is 1. The lowest BCUT2D eigenvalue weighted by Crippen LogP contribution is -2.43. The quantitative estimate of drug-likeness (QED) is 0.540. The maximum absolute atomic E-state index is 13.9. The van der Waals surface area contributed by atoms with Gasteiger partial charge in [-0.1, -0.05) is 23.7 Å². The number of piperidine rings is 1. The number of nitriles is 1. The predicted octanol–water partition coefficient (Wildman–Crippen LogP) is 4.17. The minimum absolute atomic E-state index is 0.0429. The molecular weight excluding hydrogens is 486 g/mol. The van der Waals surface area contributed by atoms with Crippen molar-refractivity contribution in [2.45, 2.75) is 23.3 Å². The van der Waals surface area contributed by atoms with Gasteiger partial charge in [0.1, 0.15) is 28.4 Å². The molecule has 1 aliphatic heterocycles. The van der Waals surface area contributed by atoms with Crippen molar-refractivity contribution < 1.29 is 22.3 Å². The first-order valence-corrected chi connectivity index (χ1v) is 12.1. The Morgan fingerprint density at radius 3 is 2.41 bits per heavy atom. The van der Waals surface area contributed by atoms with Gasteiger partial charge in [0.05, 0.1) is 23.0 Å². The van der Waals surface area contributed by atoms with Crippen LogP contribution in [0.25, 0.3) is 0 Å². The standard InChI is InChI=1S/C23H19ClF2N4O3S/c24-17-3-1-16(2-4-17)23(31)7-9-30(10-8-23)22-15(13-27)11-19(14-28-22)29-34(32,33)21-6-5-18(25)12-20(21)26/h1-6,11-12,14,29,31H,7-10H2. The molecule has 0 amide bonds. The molecule has 7 nitrogen and oxygen atoms in total. The number of sulfonamides is 1. The summed E-state index contributed by atoms with van der Waals surface area (Å²) in [6, 6.07) is 12.4. The summed E-state index contributed by atoms with van der Waals surface area (Å²) in [4.78, 5) is 5.35. The van der Waals surface area contributed by atoms with Crippen LogP contribution in [0.5, 0.6) is 0 Å². The topological polar surface area (TPSA) is 106 Å². The van der Waals surface area contributed by atoms with Crippen LogP contribution >= 0.6 is 11.6 Å². The fraction of sp³-hybridized carbons (Fsp3) is 0.217. The van der Waals surface area contributed by atoms with Crippen molar-refractivity contribution in [3.05, 3.63) is 82.5 Å². The van der Waals surface area contributed by atoms with Gasteiger partial charge in [0.25, 0.3) is 10.0 Å². The average Bonchev–Trinajstić information content (AvgIpc) is 2.79. The molecule has 4 rings (SSSR count). The molecule has 0 radical (unpaired) electrons. The predicted molar refractivity (Wildman–Crippen MR) is 123 cm³/mol. The fourth-order valence-electron chi connectivity index (χ4n) is 3.89. The number of benzene rings is 2. The Kier molecular flexibility index (Phi) is 6.45. The molecule has 0 atom stereocenters. The molecule has 2 aromatic carbocycles. The highest BCUT2D eigenvalue weighted by Crippen LogP contribution is 2.35. The normalized spacial score (nSPS) is 15.6. The number of rotatable bonds is 5. The molecule has 0 bridgehead atoms. The molecule has 1 aliphatic rings. The van der Waals surface area contributed by atoms with Crippen LogP contribution in [0.4, 0.5) is 20.3 Å². The molecule has 3 aromatic rings. The van der Waals surface area contributed by atoms with E-state index in [9.17, 15) is 27.6 Å². The fourth-order valence-corrected chi connectivity index (χ4v) is 5.11.